The average Bonchev–Trinajstić information content (AvgIpc) is 3.69. The summed E-state index contributed by atoms with van der Waals surface area (Å²) in [7, 11) is 0. The van der Waals surface area contributed by atoms with Crippen LogP contribution in [0.4, 0.5) is 13.2 Å². The predicted octanol–water partition coefficient (Wildman–Crippen LogP) is 2.16. The molecule has 2 fully saturated rings. The van der Waals surface area contributed by atoms with Crippen LogP contribution in [-0.4, -0.2) is 92.9 Å². The SMILES string of the molecule is CCCNC(=O)C(c1cnn2ncccc12)N1C[C@]2(C(=O)OCC)CN(C(=O)c3coc(C)n3)C[C@]2(C(F)(F)F)C1. The molecule has 0 radical (unpaired) electrons. The summed E-state index contributed by atoms with van der Waals surface area (Å²) in [6, 6.07) is 2.07. The molecule has 2 saturated heterocycles. The van der Waals surface area contributed by atoms with E-state index in [4.69, 9.17) is 9.15 Å². The molecule has 0 saturated carbocycles. The molecule has 2 aliphatic heterocycles. The van der Waals surface area contributed by atoms with E-state index in [1.807, 2.05) is 6.92 Å². The van der Waals surface area contributed by atoms with Crippen molar-refractivity contribution in [3.8, 4) is 0 Å². The molecule has 0 bridgehead atoms. The number of nitrogens with one attached hydrogen (secondary N) is 1. The molecule has 3 atom stereocenters. The largest absolute Gasteiger partial charge is 0.465 e. The molecule has 3 aromatic rings. The summed E-state index contributed by atoms with van der Waals surface area (Å²) in [5, 5.41) is 11.1. The highest BCUT2D eigenvalue weighted by molar-refractivity contribution is 5.94. The topological polar surface area (TPSA) is 135 Å². The fourth-order valence-corrected chi connectivity index (χ4v) is 6.07. The van der Waals surface area contributed by atoms with Crippen molar-refractivity contribution in [1.29, 1.82) is 0 Å². The Morgan fingerprint density at radius 1 is 1.17 bits per heavy atom. The molecule has 2 aliphatic rings. The molecule has 0 aromatic carbocycles. The number of hydrogen-bond acceptors (Lipinski definition) is 9. The second-order valence-corrected chi connectivity index (χ2v) is 10.4. The van der Waals surface area contributed by atoms with Crippen LogP contribution in [0.15, 0.2) is 35.2 Å². The van der Waals surface area contributed by atoms with E-state index < -0.39 is 67.0 Å². The van der Waals surface area contributed by atoms with Crippen LogP contribution in [0.5, 0.6) is 0 Å². The number of esters is 1. The summed E-state index contributed by atoms with van der Waals surface area (Å²) in [4.78, 5) is 46.7. The minimum Gasteiger partial charge on any atom is -0.465 e. The van der Waals surface area contributed by atoms with E-state index in [0.29, 0.717) is 24.0 Å². The molecular weight excluding hydrogens is 547 g/mol. The third kappa shape index (κ3) is 4.51. The summed E-state index contributed by atoms with van der Waals surface area (Å²) >= 11 is 0. The third-order valence-electron chi connectivity index (χ3n) is 7.91. The smallest absolute Gasteiger partial charge is 0.398 e. The van der Waals surface area contributed by atoms with Crippen LogP contribution < -0.4 is 5.32 Å². The number of hydrogen-bond donors (Lipinski definition) is 1. The molecule has 5 rings (SSSR count). The van der Waals surface area contributed by atoms with Crippen LogP contribution >= 0.6 is 0 Å². The third-order valence-corrected chi connectivity index (χ3v) is 7.91. The van der Waals surface area contributed by atoms with E-state index in [2.05, 4.69) is 20.5 Å². The summed E-state index contributed by atoms with van der Waals surface area (Å²) in [5.74, 6) is -2.23. The summed E-state index contributed by atoms with van der Waals surface area (Å²) < 4.78 is 57.5. The first kappa shape index (κ1) is 28.5. The van der Waals surface area contributed by atoms with Gasteiger partial charge in [0.1, 0.15) is 23.1 Å². The fourth-order valence-electron chi connectivity index (χ4n) is 6.07. The van der Waals surface area contributed by atoms with Crippen molar-refractivity contribution < 1.29 is 36.7 Å². The van der Waals surface area contributed by atoms with Crippen LogP contribution in [0, 0.1) is 17.8 Å². The van der Waals surface area contributed by atoms with E-state index in [9.17, 15) is 14.4 Å². The molecule has 3 aromatic heterocycles. The van der Waals surface area contributed by atoms with E-state index >= 15 is 13.2 Å². The number of amides is 2. The number of aryl methyl sites for hydroxylation is 1. The zero-order valence-electron chi connectivity index (χ0n) is 22.8. The van der Waals surface area contributed by atoms with Gasteiger partial charge >= 0.3 is 12.1 Å². The number of carbonyl (C=O) groups excluding carboxylic acids is 3. The van der Waals surface area contributed by atoms with Gasteiger partial charge in [0.2, 0.25) is 5.91 Å². The Hall–Kier alpha value is -4.01. The second-order valence-electron chi connectivity index (χ2n) is 10.4. The first-order chi connectivity index (χ1) is 19.5. The monoisotopic (exact) mass is 577 g/mol. The van der Waals surface area contributed by atoms with Gasteiger partial charge in [0.05, 0.1) is 18.3 Å². The molecular formula is C26H30F3N7O5. The summed E-state index contributed by atoms with van der Waals surface area (Å²) in [6.07, 6.45) is -0.384. The highest BCUT2D eigenvalue weighted by Gasteiger charge is 2.79. The lowest BCUT2D eigenvalue weighted by Crippen LogP contribution is -2.55. The summed E-state index contributed by atoms with van der Waals surface area (Å²) in [6.45, 7) is 2.36. The minimum absolute atomic E-state index is 0.161. The highest BCUT2D eigenvalue weighted by atomic mass is 19.4. The van der Waals surface area contributed by atoms with Crippen LogP contribution in [-0.2, 0) is 14.3 Å². The Morgan fingerprint density at radius 2 is 1.95 bits per heavy atom. The standard InChI is InChI=1S/C26H30F3N7O5/c1-4-8-30-21(37)20(17-10-32-36-19(17)7-6-9-31-36)34-12-24(23(39)40-5-2)13-35(15-25(24,14-34)26(27,28)29)22(38)18-11-41-16(3)33-18/h6-7,9-11,20H,4-5,8,12-15H2,1-3H3,(H,30,37)/t20?,24-,25-/m1/s1. The Labute approximate surface area is 232 Å². The number of alkyl halides is 3. The van der Waals surface area contributed by atoms with Gasteiger partial charge in [0, 0.05) is 51.4 Å². The molecule has 220 valence electrons. The molecule has 5 heterocycles. The summed E-state index contributed by atoms with van der Waals surface area (Å²) in [5.41, 5.74) is -4.32. The fraction of sp³-hybridized carbons (Fsp3) is 0.538. The molecule has 1 N–H and O–H groups in total. The van der Waals surface area contributed by atoms with Crippen molar-refractivity contribution in [3.63, 3.8) is 0 Å². The Balaban J connectivity index is 1.61. The number of halogens is 3. The quantitative estimate of drug-likeness (QED) is 0.400. The van der Waals surface area contributed by atoms with Crippen molar-refractivity contribution in [1.82, 2.24) is 34.9 Å². The van der Waals surface area contributed by atoms with Crippen molar-refractivity contribution in [2.45, 2.75) is 39.4 Å². The lowest BCUT2D eigenvalue weighted by atomic mass is 9.67. The minimum atomic E-state index is -4.95. The van der Waals surface area contributed by atoms with Gasteiger partial charge in [-0.2, -0.15) is 28.0 Å². The van der Waals surface area contributed by atoms with Gasteiger partial charge in [0.15, 0.2) is 11.6 Å². The first-order valence-corrected chi connectivity index (χ1v) is 13.2. The van der Waals surface area contributed by atoms with Crippen LogP contribution in [0.1, 0.15) is 48.3 Å². The first-order valence-electron chi connectivity index (χ1n) is 13.2. The lowest BCUT2D eigenvalue weighted by molar-refractivity contribution is -0.242. The number of nitrogens with zero attached hydrogens (tertiary/aromatic N) is 6. The lowest BCUT2D eigenvalue weighted by Gasteiger charge is -2.37. The molecule has 2 amide bonds. The number of ether oxygens (including phenoxy) is 1. The second kappa shape index (κ2) is 10.4. The zero-order chi connectivity index (χ0) is 29.6. The Kier molecular flexibility index (Phi) is 7.26. The van der Waals surface area contributed by atoms with Gasteiger partial charge in [-0.15, -0.1) is 0 Å². The van der Waals surface area contributed by atoms with Gasteiger partial charge in [-0.25, -0.2) is 4.98 Å². The number of carbonyl (C=O) groups is 3. The maximum atomic E-state index is 15.3. The zero-order valence-corrected chi connectivity index (χ0v) is 22.8. The van der Waals surface area contributed by atoms with Gasteiger partial charge in [-0.1, -0.05) is 6.92 Å². The molecule has 41 heavy (non-hydrogen) atoms. The van der Waals surface area contributed by atoms with Gasteiger partial charge in [-0.05, 0) is 25.5 Å². The number of oxazole rings is 1. The Morgan fingerprint density at radius 3 is 2.61 bits per heavy atom. The van der Waals surface area contributed by atoms with E-state index in [-0.39, 0.29) is 18.2 Å². The number of likely N-dealkylation sites (tertiary alicyclic amines) is 2. The van der Waals surface area contributed by atoms with Gasteiger partial charge in [0.25, 0.3) is 5.91 Å². The number of fused-ring (bicyclic) bond motifs is 2. The van der Waals surface area contributed by atoms with Crippen LogP contribution in [0.25, 0.3) is 5.52 Å². The van der Waals surface area contributed by atoms with Crippen molar-refractivity contribution in [3.05, 3.63) is 47.9 Å². The van der Waals surface area contributed by atoms with E-state index in [0.717, 1.165) is 11.2 Å². The van der Waals surface area contributed by atoms with Crippen LogP contribution in [0.3, 0.4) is 0 Å². The number of rotatable bonds is 8. The van der Waals surface area contributed by atoms with Crippen molar-refractivity contribution in [2.24, 2.45) is 10.8 Å². The van der Waals surface area contributed by atoms with Crippen molar-refractivity contribution >= 4 is 23.3 Å². The number of aromatic nitrogens is 4. The predicted molar refractivity (Wildman–Crippen MR) is 135 cm³/mol. The van der Waals surface area contributed by atoms with Gasteiger partial charge in [-0.3, -0.25) is 19.3 Å². The molecule has 15 heteroatoms. The van der Waals surface area contributed by atoms with E-state index in [1.54, 1.807) is 12.1 Å². The normalized spacial score (nSPS) is 23.5. The van der Waals surface area contributed by atoms with Gasteiger partial charge < -0.3 is 19.4 Å². The highest BCUT2D eigenvalue weighted by Crippen LogP contribution is 2.62. The molecule has 12 nitrogen and oxygen atoms in total. The van der Waals surface area contributed by atoms with Crippen LogP contribution in [0.2, 0.25) is 0 Å². The molecule has 0 spiro atoms. The van der Waals surface area contributed by atoms with E-state index in [1.165, 1.54) is 35.8 Å². The molecule has 0 aliphatic carbocycles. The Bertz CT molecular complexity index is 1470. The maximum absolute atomic E-state index is 15.3. The van der Waals surface area contributed by atoms with Crippen molar-refractivity contribution in [2.75, 3.05) is 39.3 Å². The average molecular weight is 578 g/mol. The maximum Gasteiger partial charge on any atom is 0.398 e. The molecule has 1 unspecified atom stereocenters.